The van der Waals surface area contributed by atoms with Crippen LogP contribution in [0.2, 0.25) is 0 Å². The minimum Gasteiger partial charge on any atom is -0.332 e. The number of rotatable bonds is 7. The Balaban J connectivity index is 2.35. The van der Waals surface area contributed by atoms with Crippen LogP contribution in [0.1, 0.15) is 20.7 Å². The molecule has 0 aliphatic rings. The van der Waals surface area contributed by atoms with Gasteiger partial charge in [-0.2, -0.15) is 0 Å². The summed E-state index contributed by atoms with van der Waals surface area (Å²) in [6, 6.07) is 16.6. The van der Waals surface area contributed by atoms with Crippen molar-refractivity contribution < 1.29 is 23.2 Å². The third-order valence-corrected chi connectivity index (χ3v) is 5.45. The summed E-state index contributed by atoms with van der Waals surface area (Å²) in [5, 5.41) is 2.47. The second-order valence-corrected chi connectivity index (χ2v) is 7.20. The molecule has 1 unspecified atom stereocenters. The highest BCUT2D eigenvalue weighted by atomic mass is 31.2. The number of ketones is 1. The summed E-state index contributed by atoms with van der Waals surface area (Å²) >= 11 is 0. The summed E-state index contributed by atoms with van der Waals surface area (Å²) in [7, 11) is -1.53. The molecule has 0 radical (unpaired) electrons. The Morgan fingerprint density at radius 2 is 1.33 bits per heavy atom. The van der Waals surface area contributed by atoms with Gasteiger partial charge in [-0.05, 0) is 12.1 Å². The lowest BCUT2D eigenvalue weighted by molar-refractivity contribution is 0.0872. The Hall–Kier alpha value is -2.27. The van der Waals surface area contributed by atoms with E-state index < -0.39 is 25.1 Å². The van der Waals surface area contributed by atoms with Gasteiger partial charge in [0.15, 0.2) is 11.6 Å². The van der Waals surface area contributed by atoms with Crippen LogP contribution < -0.4 is 5.32 Å². The lowest BCUT2D eigenvalue weighted by atomic mass is 10.1. The zero-order valence-electron chi connectivity index (χ0n) is 13.3. The van der Waals surface area contributed by atoms with E-state index in [0.717, 1.165) is 0 Å². The average molecular weight is 347 g/mol. The molecule has 0 bridgehead atoms. The maximum atomic E-state index is 12.8. The second kappa shape index (κ2) is 8.02. The molecular weight excluding hydrogens is 329 g/mol. The van der Waals surface area contributed by atoms with Crippen molar-refractivity contribution in [2.75, 3.05) is 14.2 Å². The van der Waals surface area contributed by atoms with Crippen molar-refractivity contribution in [1.29, 1.82) is 0 Å². The van der Waals surface area contributed by atoms with Gasteiger partial charge in [0, 0.05) is 25.3 Å². The van der Waals surface area contributed by atoms with Gasteiger partial charge in [-0.15, -0.1) is 0 Å². The monoisotopic (exact) mass is 347 g/mol. The molecule has 0 fully saturated rings. The summed E-state index contributed by atoms with van der Waals surface area (Å²) in [6.07, 6.45) is 0. The average Bonchev–Trinajstić information content (AvgIpc) is 2.66. The number of nitrogens with one attached hydrogen (secondary N) is 1. The normalized spacial score (nSPS) is 12.4. The fourth-order valence-corrected chi connectivity index (χ4v) is 3.41. The zero-order chi connectivity index (χ0) is 17.6. The molecule has 0 saturated heterocycles. The van der Waals surface area contributed by atoms with Crippen LogP contribution in [-0.2, 0) is 13.6 Å². The van der Waals surface area contributed by atoms with Crippen molar-refractivity contribution in [3.63, 3.8) is 0 Å². The Morgan fingerprint density at radius 1 is 0.875 bits per heavy atom. The van der Waals surface area contributed by atoms with E-state index >= 15 is 0 Å². The number of amides is 1. The molecule has 126 valence electrons. The third kappa shape index (κ3) is 3.97. The van der Waals surface area contributed by atoms with E-state index in [-0.39, 0.29) is 0 Å². The van der Waals surface area contributed by atoms with Crippen LogP contribution in [0.3, 0.4) is 0 Å². The van der Waals surface area contributed by atoms with Crippen LogP contribution in [-0.4, -0.2) is 31.7 Å². The molecule has 2 aromatic carbocycles. The zero-order valence-corrected chi connectivity index (χ0v) is 14.2. The summed E-state index contributed by atoms with van der Waals surface area (Å²) in [4.78, 5) is 25.1. The highest BCUT2D eigenvalue weighted by Gasteiger charge is 2.41. The quantitative estimate of drug-likeness (QED) is 0.615. The Labute approximate surface area is 140 Å². The Bertz CT molecular complexity index is 740. The van der Waals surface area contributed by atoms with Gasteiger partial charge in [-0.1, -0.05) is 48.5 Å². The van der Waals surface area contributed by atoms with E-state index in [1.165, 1.54) is 14.2 Å². The van der Waals surface area contributed by atoms with E-state index in [2.05, 4.69) is 5.32 Å². The van der Waals surface area contributed by atoms with Gasteiger partial charge in [-0.3, -0.25) is 14.2 Å². The Morgan fingerprint density at radius 3 is 1.79 bits per heavy atom. The predicted octanol–water partition coefficient (Wildman–Crippen LogP) is 3.11. The fraction of sp³-hybridized carbons (Fsp3) is 0.176. The third-order valence-electron chi connectivity index (χ3n) is 3.44. The SMILES string of the molecule is COP(=O)(OC)C(NC(=O)c1ccccc1)C(=O)c1ccccc1. The molecular formula is C17H18NO5P. The first-order valence-electron chi connectivity index (χ1n) is 7.18. The van der Waals surface area contributed by atoms with Crippen LogP contribution in [0.15, 0.2) is 60.7 Å². The molecule has 1 N–H and O–H groups in total. The molecule has 2 aromatic rings. The van der Waals surface area contributed by atoms with Crippen LogP contribution >= 0.6 is 7.60 Å². The van der Waals surface area contributed by atoms with Crippen LogP contribution in [0.5, 0.6) is 0 Å². The number of hydrogen-bond acceptors (Lipinski definition) is 5. The molecule has 1 atom stereocenters. The molecule has 0 heterocycles. The molecule has 7 heteroatoms. The van der Waals surface area contributed by atoms with Crippen molar-refractivity contribution in [2.45, 2.75) is 5.78 Å². The summed E-state index contributed by atoms with van der Waals surface area (Å²) in [5.74, 6) is -2.53. The predicted molar refractivity (Wildman–Crippen MR) is 90.1 cm³/mol. The van der Waals surface area contributed by atoms with E-state index in [9.17, 15) is 14.2 Å². The van der Waals surface area contributed by atoms with Crippen molar-refractivity contribution >= 4 is 19.3 Å². The number of carbonyl (C=O) groups excluding carboxylic acids is 2. The molecule has 0 spiro atoms. The molecule has 2 rings (SSSR count). The summed E-state index contributed by atoms with van der Waals surface area (Å²) in [5.41, 5.74) is 0.632. The fourth-order valence-electron chi connectivity index (χ4n) is 2.13. The number of Topliss-reactive ketones (excluding diaryl/α,β-unsaturated/α-hetero) is 1. The largest absolute Gasteiger partial charge is 0.360 e. The molecule has 0 aliphatic heterocycles. The first kappa shape index (κ1) is 18.1. The van der Waals surface area contributed by atoms with Crippen molar-refractivity contribution in [2.24, 2.45) is 0 Å². The van der Waals surface area contributed by atoms with Crippen LogP contribution in [0, 0.1) is 0 Å². The van der Waals surface area contributed by atoms with Gasteiger partial charge in [0.1, 0.15) is 0 Å². The molecule has 0 saturated carbocycles. The van der Waals surface area contributed by atoms with E-state index in [4.69, 9.17) is 9.05 Å². The van der Waals surface area contributed by atoms with Gasteiger partial charge in [0.05, 0.1) is 0 Å². The van der Waals surface area contributed by atoms with E-state index in [1.807, 2.05) is 0 Å². The van der Waals surface area contributed by atoms with Crippen molar-refractivity contribution in [3.05, 3.63) is 71.8 Å². The lowest BCUT2D eigenvalue weighted by Crippen LogP contribution is -2.41. The molecule has 6 nitrogen and oxygen atoms in total. The number of carbonyl (C=O) groups is 2. The lowest BCUT2D eigenvalue weighted by Gasteiger charge is -2.24. The molecule has 0 aliphatic carbocycles. The molecule has 0 aromatic heterocycles. The first-order valence-corrected chi connectivity index (χ1v) is 8.79. The standard InChI is InChI=1S/C17H18NO5P/c1-22-24(21,23-2)17(15(19)13-9-5-3-6-10-13)18-16(20)14-11-7-4-8-12-14/h3-12,17H,1-2H3,(H,18,20). The van der Waals surface area contributed by atoms with Gasteiger partial charge in [0.2, 0.25) is 0 Å². The maximum Gasteiger partial charge on any atom is 0.360 e. The maximum absolute atomic E-state index is 12.8. The first-order chi connectivity index (χ1) is 11.5. The molecule has 24 heavy (non-hydrogen) atoms. The topological polar surface area (TPSA) is 81.7 Å². The van der Waals surface area contributed by atoms with Gasteiger partial charge >= 0.3 is 7.60 Å². The summed E-state index contributed by atoms with van der Waals surface area (Å²) < 4.78 is 22.6. The van der Waals surface area contributed by atoms with Crippen molar-refractivity contribution in [1.82, 2.24) is 5.32 Å². The second-order valence-electron chi connectivity index (χ2n) is 4.88. The summed E-state index contributed by atoms with van der Waals surface area (Å²) in [6.45, 7) is 0. The Kier molecular flexibility index (Phi) is 6.04. The van der Waals surface area contributed by atoms with E-state index in [0.29, 0.717) is 11.1 Å². The van der Waals surface area contributed by atoms with Gasteiger partial charge < -0.3 is 14.4 Å². The molecule has 1 amide bonds. The van der Waals surface area contributed by atoms with Gasteiger partial charge in [0.25, 0.3) is 5.91 Å². The number of benzene rings is 2. The van der Waals surface area contributed by atoms with Gasteiger partial charge in [-0.25, -0.2) is 0 Å². The highest BCUT2D eigenvalue weighted by molar-refractivity contribution is 7.55. The minimum absolute atomic E-state index is 0.296. The van der Waals surface area contributed by atoms with Crippen LogP contribution in [0.4, 0.5) is 0 Å². The number of hydrogen-bond donors (Lipinski definition) is 1. The van der Waals surface area contributed by atoms with E-state index in [1.54, 1.807) is 60.7 Å². The highest BCUT2D eigenvalue weighted by Crippen LogP contribution is 2.51. The van der Waals surface area contributed by atoms with Crippen LogP contribution in [0.25, 0.3) is 0 Å². The van der Waals surface area contributed by atoms with Crippen molar-refractivity contribution in [3.8, 4) is 0 Å². The smallest absolute Gasteiger partial charge is 0.332 e. The minimum atomic E-state index is -3.87.